The number of amides is 1. The molecule has 0 atom stereocenters. The lowest BCUT2D eigenvalue weighted by Crippen LogP contribution is -2.37. The monoisotopic (exact) mass is 387 g/mol. The number of rotatable bonds is 5. The fourth-order valence-corrected chi connectivity index (χ4v) is 3.12. The summed E-state index contributed by atoms with van der Waals surface area (Å²) in [5.41, 5.74) is 1.58. The Morgan fingerprint density at radius 2 is 1.96 bits per heavy atom. The molecule has 1 amide bonds. The zero-order valence-corrected chi connectivity index (χ0v) is 15.3. The van der Waals surface area contributed by atoms with Crippen molar-refractivity contribution in [3.05, 3.63) is 46.9 Å². The van der Waals surface area contributed by atoms with Crippen LogP contribution < -0.4 is 10.2 Å². The number of halogens is 1. The minimum Gasteiger partial charge on any atom is -0.378 e. The van der Waals surface area contributed by atoms with E-state index < -0.39 is 0 Å². The molecule has 1 N–H and O–H groups in total. The predicted octanol–water partition coefficient (Wildman–Crippen LogP) is 2.08. The second-order valence-electron chi connectivity index (χ2n) is 6.14. The van der Waals surface area contributed by atoms with E-state index in [2.05, 4.69) is 25.3 Å². The molecule has 1 saturated heterocycles. The van der Waals surface area contributed by atoms with Crippen molar-refractivity contribution in [3.8, 4) is 0 Å². The van der Waals surface area contributed by atoms with Crippen LogP contribution in [-0.4, -0.2) is 53.9 Å². The second-order valence-corrected chi connectivity index (χ2v) is 6.58. The molecule has 27 heavy (non-hydrogen) atoms. The molecule has 0 radical (unpaired) electrons. The molecule has 0 saturated carbocycles. The summed E-state index contributed by atoms with van der Waals surface area (Å²) in [6, 6.07) is 7.53. The van der Waals surface area contributed by atoms with Gasteiger partial charge < -0.3 is 19.5 Å². The van der Waals surface area contributed by atoms with Crippen molar-refractivity contribution in [2.24, 2.45) is 0 Å². The molecule has 8 nitrogen and oxygen atoms in total. The van der Waals surface area contributed by atoms with Gasteiger partial charge in [-0.15, -0.1) is 0 Å². The van der Waals surface area contributed by atoms with Crippen molar-refractivity contribution in [3.63, 3.8) is 0 Å². The summed E-state index contributed by atoms with van der Waals surface area (Å²) >= 11 is 5.89. The smallest absolute Gasteiger partial charge is 0.274 e. The minimum absolute atomic E-state index is 0.197. The topological polar surface area (TPSA) is 93.4 Å². The van der Waals surface area contributed by atoms with Gasteiger partial charge in [0.1, 0.15) is 17.5 Å². The lowest BCUT2D eigenvalue weighted by molar-refractivity contribution is 0.0946. The number of nitrogens with zero attached hydrogens (tertiary/aromatic N) is 4. The molecule has 3 aromatic rings. The number of carbonyl (C=O) groups excluding carboxylic acids is 1. The van der Waals surface area contributed by atoms with Gasteiger partial charge in [0.15, 0.2) is 5.69 Å². The van der Waals surface area contributed by atoms with Crippen LogP contribution in [0.15, 0.2) is 35.1 Å². The van der Waals surface area contributed by atoms with Gasteiger partial charge in [0.2, 0.25) is 0 Å². The molecule has 3 heterocycles. The number of anilines is 1. The highest BCUT2D eigenvalue weighted by Crippen LogP contribution is 2.26. The van der Waals surface area contributed by atoms with Gasteiger partial charge in [0.05, 0.1) is 13.2 Å². The van der Waals surface area contributed by atoms with E-state index in [9.17, 15) is 4.79 Å². The number of aromatic nitrogens is 3. The first-order chi connectivity index (χ1) is 13.2. The molecule has 1 fully saturated rings. The molecule has 0 aliphatic carbocycles. The van der Waals surface area contributed by atoms with Gasteiger partial charge in [0.25, 0.3) is 11.6 Å². The molecule has 9 heteroatoms. The SMILES string of the molecule is O=C(NCCc1ccc(Cl)cc1)c1noc2ncnc(N3CCOCC3)c12. The number of carbonyl (C=O) groups is 1. The van der Waals surface area contributed by atoms with Crippen LogP contribution in [0.1, 0.15) is 16.1 Å². The molecule has 140 valence electrons. The van der Waals surface area contributed by atoms with Crippen LogP contribution in [0.5, 0.6) is 0 Å². The minimum atomic E-state index is -0.313. The molecular formula is C18H18ClN5O3. The molecule has 0 bridgehead atoms. The highest BCUT2D eigenvalue weighted by atomic mass is 35.5. The first-order valence-corrected chi connectivity index (χ1v) is 9.06. The number of morpholine rings is 1. The van der Waals surface area contributed by atoms with Crippen LogP contribution in [0, 0.1) is 0 Å². The van der Waals surface area contributed by atoms with Crippen molar-refractivity contribution in [1.29, 1.82) is 0 Å². The molecule has 0 unspecified atom stereocenters. The van der Waals surface area contributed by atoms with Gasteiger partial charge >= 0.3 is 0 Å². The van der Waals surface area contributed by atoms with E-state index in [-0.39, 0.29) is 11.6 Å². The highest BCUT2D eigenvalue weighted by Gasteiger charge is 2.24. The molecular weight excluding hydrogens is 370 g/mol. The Kier molecular flexibility index (Phi) is 5.17. The largest absolute Gasteiger partial charge is 0.378 e. The fraction of sp³-hybridized carbons (Fsp3) is 0.333. The second kappa shape index (κ2) is 7.89. The molecule has 1 aliphatic rings. The quantitative estimate of drug-likeness (QED) is 0.716. The van der Waals surface area contributed by atoms with Gasteiger partial charge in [-0.25, -0.2) is 4.98 Å². The van der Waals surface area contributed by atoms with Crippen molar-refractivity contribution in [2.45, 2.75) is 6.42 Å². The van der Waals surface area contributed by atoms with E-state index in [0.717, 1.165) is 5.56 Å². The summed E-state index contributed by atoms with van der Waals surface area (Å²) in [7, 11) is 0. The van der Waals surface area contributed by atoms with Crippen LogP contribution in [0.25, 0.3) is 11.1 Å². The molecule has 1 aromatic carbocycles. The van der Waals surface area contributed by atoms with Crippen molar-refractivity contribution < 1.29 is 14.1 Å². The van der Waals surface area contributed by atoms with Crippen molar-refractivity contribution in [1.82, 2.24) is 20.4 Å². The normalized spacial score (nSPS) is 14.5. The lowest BCUT2D eigenvalue weighted by Gasteiger charge is -2.27. The van der Waals surface area contributed by atoms with Crippen molar-refractivity contribution >= 4 is 34.4 Å². The van der Waals surface area contributed by atoms with Gasteiger partial charge in [0, 0.05) is 24.7 Å². The van der Waals surface area contributed by atoms with Gasteiger partial charge in [-0.1, -0.05) is 28.9 Å². The summed E-state index contributed by atoms with van der Waals surface area (Å²) in [5, 5.41) is 8.02. The van der Waals surface area contributed by atoms with Crippen LogP contribution >= 0.6 is 11.6 Å². The van der Waals surface area contributed by atoms with E-state index >= 15 is 0 Å². The Hall–Kier alpha value is -2.71. The number of hydrogen-bond acceptors (Lipinski definition) is 7. The van der Waals surface area contributed by atoms with Crippen LogP contribution in [0.4, 0.5) is 5.82 Å². The molecule has 0 spiro atoms. The van der Waals surface area contributed by atoms with Gasteiger partial charge in [-0.2, -0.15) is 4.98 Å². The first-order valence-electron chi connectivity index (χ1n) is 8.68. The summed E-state index contributed by atoms with van der Waals surface area (Å²) < 4.78 is 10.6. The Labute approximate surface area is 160 Å². The van der Waals surface area contributed by atoms with Crippen LogP contribution in [0.3, 0.4) is 0 Å². The molecule has 1 aliphatic heterocycles. The zero-order valence-electron chi connectivity index (χ0n) is 14.5. The number of hydrogen-bond donors (Lipinski definition) is 1. The Morgan fingerprint density at radius 3 is 2.74 bits per heavy atom. The molecule has 2 aromatic heterocycles. The van der Waals surface area contributed by atoms with Gasteiger partial charge in [-0.3, -0.25) is 4.79 Å². The van der Waals surface area contributed by atoms with E-state index in [1.54, 1.807) is 0 Å². The Morgan fingerprint density at radius 1 is 1.19 bits per heavy atom. The van der Waals surface area contributed by atoms with E-state index in [1.165, 1.54) is 6.33 Å². The number of benzene rings is 1. The summed E-state index contributed by atoms with van der Waals surface area (Å²) in [5.74, 6) is 0.333. The Balaban J connectivity index is 1.50. The third-order valence-electron chi connectivity index (χ3n) is 4.39. The fourth-order valence-electron chi connectivity index (χ4n) is 3.00. The lowest BCUT2D eigenvalue weighted by atomic mass is 10.1. The number of ether oxygens (including phenoxy) is 1. The number of fused-ring (bicyclic) bond motifs is 1. The van der Waals surface area contributed by atoms with Crippen LogP contribution in [0.2, 0.25) is 5.02 Å². The van der Waals surface area contributed by atoms with E-state index in [0.29, 0.717) is 61.2 Å². The maximum atomic E-state index is 12.6. The Bertz CT molecular complexity index is 938. The highest BCUT2D eigenvalue weighted by molar-refractivity contribution is 6.30. The van der Waals surface area contributed by atoms with Crippen molar-refractivity contribution in [2.75, 3.05) is 37.7 Å². The average molecular weight is 388 g/mol. The summed E-state index contributed by atoms with van der Waals surface area (Å²) in [6.07, 6.45) is 2.10. The predicted molar refractivity (Wildman–Crippen MR) is 100 cm³/mol. The van der Waals surface area contributed by atoms with Crippen LogP contribution in [-0.2, 0) is 11.2 Å². The zero-order chi connectivity index (χ0) is 18.6. The average Bonchev–Trinajstić information content (AvgIpc) is 3.14. The summed E-state index contributed by atoms with van der Waals surface area (Å²) in [6.45, 7) is 3.07. The standard InChI is InChI=1S/C18H18ClN5O3/c19-13-3-1-12(2-4-13)5-6-20-17(25)15-14-16(24-7-9-26-10-8-24)21-11-22-18(14)27-23-15/h1-4,11H,5-10H2,(H,20,25). The number of nitrogens with one attached hydrogen (secondary N) is 1. The maximum absolute atomic E-state index is 12.6. The van der Waals surface area contributed by atoms with Gasteiger partial charge in [-0.05, 0) is 24.1 Å². The molecule has 4 rings (SSSR count). The third kappa shape index (κ3) is 3.86. The maximum Gasteiger partial charge on any atom is 0.274 e. The third-order valence-corrected chi connectivity index (χ3v) is 4.64. The van der Waals surface area contributed by atoms with E-state index in [4.69, 9.17) is 20.9 Å². The summed E-state index contributed by atoms with van der Waals surface area (Å²) in [4.78, 5) is 23.1. The van der Waals surface area contributed by atoms with E-state index in [1.807, 2.05) is 24.3 Å². The first kappa shape index (κ1) is 17.7.